The van der Waals surface area contributed by atoms with Crippen LogP contribution in [0.4, 0.5) is 0 Å². The highest BCUT2D eigenvalue weighted by Crippen LogP contribution is 2.23. The Morgan fingerprint density at radius 3 is 2.68 bits per heavy atom. The van der Waals surface area contributed by atoms with Crippen LogP contribution in [0, 0.1) is 0 Å². The zero-order valence-corrected chi connectivity index (χ0v) is 10.3. The number of hydrogen-bond donors (Lipinski definition) is 2. The summed E-state index contributed by atoms with van der Waals surface area (Å²) in [5.41, 5.74) is 5.80. The summed E-state index contributed by atoms with van der Waals surface area (Å²) in [6, 6.07) is 12.1. The van der Waals surface area contributed by atoms with Gasteiger partial charge in [0.25, 0.3) is 0 Å². The van der Waals surface area contributed by atoms with E-state index in [9.17, 15) is 0 Å². The molecule has 2 aromatic rings. The summed E-state index contributed by atoms with van der Waals surface area (Å²) in [5.74, 6) is 1.54. The minimum atomic E-state index is -0.0731. The zero-order valence-electron chi connectivity index (χ0n) is 10.3. The number of nitrogens with two attached hydrogens (primary N) is 1. The van der Waals surface area contributed by atoms with Crippen molar-refractivity contribution in [2.45, 2.75) is 0 Å². The van der Waals surface area contributed by atoms with Gasteiger partial charge in [0.2, 0.25) is 5.88 Å². The molecule has 1 heterocycles. The monoisotopic (exact) mass is 259 g/mol. The zero-order chi connectivity index (χ0) is 13.7. The van der Waals surface area contributed by atoms with Crippen molar-refractivity contribution in [2.24, 2.45) is 10.9 Å². The number of methoxy groups -OCH3 is 1. The van der Waals surface area contributed by atoms with Gasteiger partial charge in [0.1, 0.15) is 17.2 Å². The third-order valence-corrected chi connectivity index (χ3v) is 2.36. The summed E-state index contributed by atoms with van der Waals surface area (Å²) < 4.78 is 10.7. The fourth-order valence-electron chi connectivity index (χ4n) is 1.45. The predicted octanol–water partition coefficient (Wildman–Crippen LogP) is 1.98. The third kappa shape index (κ3) is 3.12. The smallest absolute Gasteiger partial charge is 0.219 e. The van der Waals surface area contributed by atoms with Gasteiger partial charge in [-0.15, -0.1) is 0 Å². The number of amidine groups is 1. The van der Waals surface area contributed by atoms with Crippen LogP contribution in [-0.2, 0) is 0 Å². The Kier molecular flexibility index (Phi) is 3.82. The van der Waals surface area contributed by atoms with E-state index in [1.807, 2.05) is 12.1 Å². The number of aromatic nitrogens is 1. The summed E-state index contributed by atoms with van der Waals surface area (Å²) in [5, 5.41) is 11.5. The van der Waals surface area contributed by atoms with E-state index in [1.165, 1.54) is 0 Å². The first-order valence-corrected chi connectivity index (χ1v) is 5.50. The predicted molar refractivity (Wildman–Crippen MR) is 69.8 cm³/mol. The van der Waals surface area contributed by atoms with Gasteiger partial charge in [0, 0.05) is 12.1 Å². The molecule has 0 saturated heterocycles. The van der Waals surface area contributed by atoms with E-state index in [0.29, 0.717) is 23.1 Å². The van der Waals surface area contributed by atoms with Crippen molar-refractivity contribution < 1.29 is 14.7 Å². The molecule has 0 aliphatic heterocycles. The molecule has 2 rings (SSSR count). The number of rotatable bonds is 4. The number of benzene rings is 1. The van der Waals surface area contributed by atoms with Gasteiger partial charge in [-0.1, -0.05) is 17.3 Å². The van der Waals surface area contributed by atoms with Gasteiger partial charge < -0.3 is 20.4 Å². The Bertz CT molecular complexity index is 599. The van der Waals surface area contributed by atoms with Crippen LogP contribution in [0.1, 0.15) is 5.69 Å². The molecule has 3 N–H and O–H groups in total. The lowest BCUT2D eigenvalue weighted by molar-refractivity contribution is 0.318. The standard InChI is InChI=1S/C13H13N3O3/c1-18-9-4-2-5-10(8-9)19-12-7-3-6-11(15-12)13(14)16-17/h2-8,17H,1H3,(H2,14,16). The number of oxime groups is 1. The molecule has 0 spiro atoms. The molecule has 0 fully saturated rings. The van der Waals surface area contributed by atoms with E-state index < -0.39 is 0 Å². The largest absolute Gasteiger partial charge is 0.497 e. The summed E-state index contributed by atoms with van der Waals surface area (Å²) in [7, 11) is 1.58. The molecule has 0 saturated carbocycles. The number of hydrogen-bond acceptors (Lipinski definition) is 5. The van der Waals surface area contributed by atoms with Crippen LogP contribution < -0.4 is 15.2 Å². The Balaban J connectivity index is 2.23. The minimum absolute atomic E-state index is 0.0731. The van der Waals surface area contributed by atoms with Crippen molar-refractivity contribution >= 4 is 5.84 Å². The van der Waals surface area contributed by atoms with Gasteiger partial charge in [-0.05, 0) is 18.2 Å². The molecule has 0 atom stereocenters. The SMILES string of the molecule is COc1cccc(Oc2cccc(C(N)=NO)n2)c1. The summed E-state index contributed by atoms with van der Waals surface area (Å²) in [4.78, 5) is 4.12. The lowest BCUT2D eigenvalue weighted by Gasteiger charge is -2.07. The number of pyridine rings is 1. The molecular weight excluding hydrogens is 246 g/mol. The van der Waals surface area contributed by atoms with Gasteiger partial charge in [0.05, 0.1) is 7.11 Å². The highest BCUT2D eigenvalue weighted by atomic mass is 16.5. The summed E-state index contributed by atoms with van der Waals surface area (Å²) in [6.07, 6.45) is 0. The molecule has 0 aliphatic carbocycles. The van der Waals surface area contributed by atoms with Gasteiger partial charge >= 0.3 is 0 Å². The molecule has 1 aromatic heterocycles. The van der Waals surface area contributed by atoms with Crippen LogP contribution in [0.15, 0.2) is 47.6 Å². The van der Waals surface area contributed by atoms with Crippen LogP contribution in [0.25, 0.3) is 0 Å². The average molecular weight is 259 g/mol. The van der Waals surface area contributed by atoms with Crippen LogP contribution in [0.2, 0.25) is 0 Å². The van der Waals surface area contributed by atoms with Crippen molar-refractivity contribution in [3.63, 3.8) is 0 Å². The van der Waals surface area contributed by atoms with Gasteiger partial charge in [0.15, 0.2) is 5.84 Å². The Labute approximate surface area is 110 Å². The van der Waals surface area contributed by atoms with E-state index in [2.05, 4.69) is 10.1 Å². The molecule has 19 heavy (non-hydrogen) atoms. The van der Waals surface area contributed by atoms with Crippen molar-refractivity contribution in [1.82, 2.24) is 4.98 Å². The van der Waals surface area contributed by atoms with Crippen molar-refractivity contribution in [1.29, 1.82) is 0 Å². The van der Waals surface area contributed by atoms with Crippen LogP contribution in [0.5, 0.6) is 17.4 Å². The quantitative estimate of drug-likeness (QED) is 0.379. The highest BCUT2D eigenvalue weighted by Gasteiger charge is 2.04. The molecule has 0 aliphatic rings. The topological polar surface area (TPSA) is 90.0 Å². The van der Waals surface area contributed by atoms with E-state index in [1.54, 1.807) is 37.4 Å². The molecule has 0 bridgehead atoms. The van der Waals surface area contributed by atoms with Crippen molar-refractivity contribution in [3.05, 3.63) is 48.2 Å². The Morgan fingerprint density at radius 1 is 1.21 bits per heavy atom. The first-order valence-electron chi connectivity index (χ1n) is 5.50. The van der Waals surface area contributed by atoms with E-state index >= 15 is 0 Å². The van der Waals surface area contributed by atoms with Crippen LogP contribution >= 0.6 is 0 Å². The molecule has 0 radical (unpaired) electrons. The van der Waals surface area contributed by atoms with Crippen LogP contribution in [-0.4, -0.2) is 23.1 Å². The van der Waals surface area contributed by atoms with E-state index in [-0.39, 0.29) is 5.84 Å². The van der Waals surface area contributed by atoms with Crippen LogP contribution in [0.3, 0.4) is 0 Å². The first kappa shape index (κ1) is 12.7. The van der Waals surface area contributed by atoms with Gasteiger partial charge in [-0.2, -0.15) is 0 Å². The van der Waals surface area contributed by atoms with Gasteiger partial charge in [-0.25, -0.2) is 4.98 Å². The molecule has 0 unspecified atom stereocenters. The molecule has 6 heteroatoms. The number of ether oxygens (including phenoxy) is 2. The average Bonchev–Trinajstić information content (AvgIpc) is 2.47. The summed E-state index contributed by atoms with van der Waals surface area (Å²) >= 11 is 0. The third-order valence-electron chi connectivity index (χ3n) is 2.36. The fraction of sp³-hybridized carbons (Fsp3) is 0.0769. The maximum Gasteiger partial charge on any atom is 0.219 e. The normalized spacial score (nSPS) is 11.1. The second kappa shape index (κ2) is 5.72. The lowest BCUT2D eigenvalue weighted by Crippen LogP contribution is -2.14. The van der Waals surface area contributed by atoms with Crippen molar-refractivity contribution in [2.75, 3.05) is 7.11 Å². The van der Waals surface area contributed by atoms with E-state index in [4.69, 9.17) is 20.4 Å². The minimum Gasteiger partial charge on any atom is -0.497 e. The number of nitrogens with zero attached hydrogens (tertiary/aromatic N) is 2. The lowest BCUT2D eigenvalue weighted by atomic mass is 10.3. The highest BCUT2D eigenvalue weighted by molar-refractivity contribution is 5.95. The van der Waals surface area contributed by atoms with Crippen molar-refractivity contribution in [3.8, 4) is 17.4 Å². The Morgan fingerprint density at radius 2 is 1.95 bits per heavy atom. The second-order valence-electron chi connectivity index (χ2n) is 3.63. The Hall–Kier alpha value is -2.76. The maximum atomic E-state index is 8.60. The second-order valence-corrected chi connectivity index (χ2v) is 3.63. The maximum absolute atomic E-state index is 8.60. The van der Waals surface area contributed by atoms with E-state index in [0.717, 1.165) is 0 Å². The fourth-order valence-corrected chi connectivity index (χ4v) is 1.45. The molecule has 1 aromatic carbocycles. The summed E-state index contributed by atoms with van der Waals surface area (Å²) in [6.45, 7) is 0. The first-order chi connectivity index (χ1) is 9.22. The molecule has 0 amide bonds. The molecule has 6 nitrogen and oxygen atoms in total. The molecular formula is C13H13N3O3. The van der Waals surface area contributed by atoms with Gasteiger partial charge in [-0.3, -0.25) is 0 Å². The molecule has 98 valence electrons.